The van der Waals surface area contributed by atoms with Crippen molar-refractivity contribution in [3.05, 3.63) is 69.7 Å². The van der Waals surface area contributed by atoms with Crippen molar-refractivity contribution in [3.8, 4) is 0 Å². The van der Waals surface area contributed by atoms with Crippen LogP contribution in [0.1, 0.15) is 28.4 Å². The number of benzene rings is 2. The van der Waals surface area contributed by atoms with Gasteiger partial charge in [-0.25, -0.2) is 9.86 Å². The second kappa shape index (κ2) is 10.6. The van der Waals surface area contributed by atoms with Crippen LogP contribution in [0.4, 0.5) is 0 Å². The van der Waals surface area contributed by atoms with E-state index in [4.69, 9.17) is 21.5 Å². The Balaban J connectivity index is 1.72. The molecule has 0 aromatic heterocycles. The summed E-state index contributed by atoms with van der Waals surface area (Å²) in [5.41, 5.74) is 3.23. The summed E-state index contributed by atoms with van der Waals surface area (Å²) in [5.74, 6) is 0. The van der Waals surface area contributed by atoms with Gasteiger partial charge in [0.2, 0.25) is 0 Å². The molecule has 9 nitrogen and oxygen atoms in total. The van der Waals surface area contributed by atoms with Gasteiger partial charge in [-0.1, -0.05) is 48.0 Å². The van der Waals surface area contributed by atoms with Crippen molar-refractivity contribution >= 4 is 21.8 Å². The Bertz CT molecular complexity index is 1020. The van der Waals surface area contributed by atoms with Crippen molar-refractivity contribution in [2.75, 3.05) is 13.2 Å². The lowest BCUT2D eigenvalue weighted by atomic mass is 9.90. The zero-order valence-corrected chi connectivity index (χ0v) is 18.7. The first-order valence-corrected chi connectivity index (χ1v) is 12.0. The molecule has 2 aromatic carbocycles. The largest absolute Gasteiger partial charge is 0.394 e. The second-order valence-corrected chi connectivity index (χ2v) is 9.57. The van der Waals surface area contributed by atoms with Crippen molar-refractivity contribution in [2.24, 2.45) is 5.14 Å². The molecule has 0 amide bonds. The Morgan fingerprint density at radius 2 is 1.66 bits per heavy atom. The van der Waals surface area contributed by atoms with Crippen LogP contribution >= 0.6 is 11.6 Å². The SMILES string of the molecule is NS(=O)(=O)NCCc1ccc(Cc2cc([C@@H]3O[C@H](CO)[C@@H](O)[C@H](O)[C@H]3O)ccc2Cl)cc1. The molecule has 0 unspecified atom stereocenters. The molecule has 11 heteroatoms. The number of ether oxygens (including phenoxy) is 1. The normalized spacial score (nSPS) is 26.2. The number of nitrogens with two attached hydrogens (primary N) is 1. The number of halogens is 1. The molecule has 7 N–H and O–H groups in total. The van der Waals surface area contributed by atoms with E-state index in [2.05, 4.69) is 4.72 Å². The van der Waals surface area contributed by atoms with Gasteiger partial charge in [0.15, 0.2) is 0 Å². The van der Waals surface area contributed by atoms with E-state index < -0.39 is 47.3 Å². The molecule has 0 radical (unpaired) electrons. The van der Waals surface area contributed by atoms with Gasteiger partial charge in [0, 0.05) is 11.6 Å². The van der Waals surface area contributed by atoms with Crippen LogP contribution in [0, 0.1) is 0 Å². The van der Waals surface area contributed by atoms with Crippen LogP contribution in [0.3, 0.4) is 0 Å². The van der Waals surface area contributed by atoms with Gasteiger partial charge in [-0.05, 0) is 41.2 Å². The first-order chi connectivity index (χ1) is 15.1. The lowest BCUT2D eigenvalue weighted by molar-refractivity contribution is -0.231. The van der Waals surface area contributed by atoms with Gasteiger partial charge in [0.1, 0.15) is 30.5 Å². The van der Waals surface area contributed by atoms with Gasteiger partial charge in [-0.15, -0.1) is 0 Å². The van der Waals surface area contributed by atoms with Crippen molar-refractivity contribution < 1.29 is 33.6 Å². The lowest BCUT2D eigenvalue weighted by Crippen LogP contribution is -2.55. The van der Waals surface area contributed by atoms with E-state index >= 15 is 0 Å². The Morgan fingerprint density at radius 3 is 2.28 bits per heavy atom. The molecule has 1 aliphatic rings. The van der Waals surface area contributed by atoms with E-state index in [0.29, 0.717) is 23.4 Å². The Kier molecular flexibility index (Phi) is 8.26. The number of hydrogen-bond donors (Lipinski definition) is 6. The van der Waals surface area contributed by atoms with Gasteiger partial charge in [0.25, 0.3) is 10.2 Å². The summed E-state index contributed by atoms with van der Waals surface area (Å²) >= 11 is 6.36. The van der Waals surface area contributed by atoms with Gasteiger partial charge >= 0.3 is 0 Å². The van der Waals surface area contributed by atoms with Gasteiger partial charge in [0.05, 0.1) is 6.61 Å². The second-order valence-electron chi connectivity index (χ2n) is 7.78. The standard InChI is InChI=1S/C21H27ClN2O7S/c22-16-6-5-14(21-20(28)19(27)18(26)17(11-25)31-21)10-15(16)9-13-3-1-12(2-4-13)7-8-24-32(23,29)30/h1-6,10,17-21,24-28H,7-9,11H2,(H2,23,29,30)/t17-,18-,19+,20-,21+/m1/s1. The maximum atomic E-state index is 10.9. The fraction of sp³-hybridized carbons (Fsp3) is 0.429. The van der Waals surface area contributed by atoms with Gasteiger partial charge in [-0.2, -0.15) is 8.42 Å². The summed E-state index contributed by atoms with van der Waals surface area (Å²) in [6.07, 6.45) is -5.20. The zero-order chi connectivity index (χ0) is 23.5. The Hall–Kier alpha value is -1.60. The summed E-state index contributed by atoms with van der Waals surface area (Å²) in [6.45, 7) is -0.299. The van der Waals surface area contributed by atoms with Crippen LogP contribution in [-0.2, 0) is 27.8 Å². The van der Waals surface area contributed by atoms with Crippen molar-refractivity contribution in [1.82, 2.24) is 4.72 Å². The molecule has 0 saturated carbocycles. The fourth-order valence-electron chi connectivity index (χ4n) is 3.67. The van der Waals surface area contributed by atoms with E-state index in [1.54, 1.807) is 18.2 Å². The molecule has 176 valence electrons. The number of hydrogen-bond acceptors (Lipinski definition) is 7. The third-order valence-corrected chi connectivity index (χ3v) is 6.40. The average Bonchev–Trinajstić information content (AvgIpc) is 2.74. The van der Waals surface area contributed by atoms with E-state index in [1.165, 1.54) is 0 Å². The van der Waals surface area contributed by atoms with Gasteiger partial charge < -0.3 is 25.2 Å². The quantitative estimate of drug-likeness (QED) is 0.300. The van der Waals surface area contributed by atoms with Crippen LogP contribution in [0.25, 0.3) is 0 Å². The minimum atomic E-state index is -3.71. The minimum Gasteiger partial charge on any atom is -0.394 e. The number of rotatable bonds is 8. The highest BCUT2D eigenvalue weighted by Crippen LogP contribution is 2.34. The van der Waals surface area contributed by atoms with E-state index in [-0.39, 0.29) is 6.54 Å². The molecule has 0 aliphatic carbocycles. The highest BCUT2D eigenvalue weighted by Gasteiger charge is 2.44. The summed E-state index contributed by atoms with van der Waals surface area (Å²) in [4.78, 5) is 0. The summed E-state index contributed by atoms with van der Waals surface area (Å²) in [6, 6.07) is 12.7. The van der Waals surface area contributed by atoms with Crippen LogP contribution in [0.15, 0.2) is 42.5 Å². The smallest absolute Gasteiger partial charge is 0.274 e. The average molecular weight is 487 g/mol. The summed E-state index contributed by atoms with van der Waals surface area (Å²) in [5, 5.41) is 45.2. The van der Waals surface area contributed by atoms with Crippen LogP contribution in [0.5, 0.6) is 0 Å². The minimum absolute atomic E-state index is 0.200. The molecule has 1 saturated heterocycles. The summed E-state index contributed by atoms with van der Waals surface area (Å²) < 4.78 is 29.7. The maximum absolute atomic E-state index is 10.9. The predicted octanol–water partition coefficient (Wildman–Crippen LogP) is -0.219. The van der Waals surface area contributed by atoms with Crippen molar-refractivity contribution in [3.63, 3.8) is 0 Å². The number of aliphatic hydroxyl groups is 4. The van der Waals surface area contributed by atoms with Crippen molar-refractivity contribution in [1.29, 1.82) is 0 Å². The molecule has 5 atom stereocenters. The molecule has 2 aromatic rings. The first kappa shape index (κ1) is 25.0. The maximum Gasteiger partial charge on any atom is 0.274 e. The van der Waals surface area contributed by atoms with Crippen LogP contribution in [0.2, 0.25) is 5.02 Å². The van der Waals surface area contributed by atoms with E-state index in [1.807, 2.05) is 24.3 Å². The molecule has 3 rings (SSSR count). The molecule has 0 spiro atoms. The molecule has 1 fully saturated rings. The predicted molar refractivity (Wildman–Crippen MR) is 118 cm³/mol. The van der Waals surface area contributed by atoms with Crippen LogP contribution < -0.4 is 9.86 Å². The molecule has 1 heterocycles. The zero-order valence-electron chi connectivity index (χ0n) is 17.1. The number of nitrogens with one attached hydrogen (secondary N) is 1. The van der Waals surface area contributed by atoms with E-state index in [9.17, 15) is 28.8 Å². The third-order valence-electron chi connectivity index (χ3n) is 5.43. The van der Waals surface area contributed by atoms with Gasteiger partial charge in [-0.3, -0.25) is 0 Å². The molecular formula is C21H27ClN2O7S. The molecular weight excluding hydrogens is 460 g/mol. The highest BCUT2D eigenvalue weighted by molar-refractivity contribution is 7.87. The first-order valence-electron chi connectivity index (χ1n) is 10.0. The van der Waals surface area contributed by atoms with Crippen LogP contribution in [-0.4, -0.2) is 66.4 Å². The van der Waals surface area contributed by atoms with E-state index in [0.717, 1.165) is 16.7 Å². The third kappa shape index (κ3) is 6.25. The Labute approximate surface area is 191 Å². The topological polar surface area (TPSA) is 162 Å². The summed E-state index contributed by atoms with van der Waals surface area (Å²) in [7, 11) is -3.71. The lowest BCUT2D eigenvalue weighted by Gasteiger charge is -2.40. The number of aliphatic hydroxyl groups excluding tert-OH is 4. The fourth-order valence-corrected chi connectivity index (χ4v) is 4.24. The Morgan fingerprint density at radius 1 is 1.00 bits per heavy atom. The molecule has 32 heavy (non-hydrogen) atoms. The highest BCUT2D eigenvalue weighted by atomic mass is 35.5. The monoisotopic (exact) mass is 486 g/mol. The van der Waals surface area contributed by atoms with Crippen molar-refractivity contribution in [2.45, 2.75) is 43.4 Å². The molecule has 1 aliphatic heterocycles. The molecule has 0 bridgehead atoms.